The van der Waals surface area contributed by atoms with Crippen molar-refractivity contribution in [2.75, 3.05) is 19.8 Å². The van der Waals surface area contributed by atoms with E-state index in [1.54, 1.807) is 0 Å². The molecule has 4 unspecified atom stereocenters. The number of fused-ring (bicyclic) bond motifs is 1. The van der Waals surface area contributed by atoms with Gasteiger partial charge in [0.2, 0.25) is 5.91 Å². The minimum absolute atomic E-state index is 0.152. The third kappa shape index (κ3) is 1.48. The van der Waals surface area contributed by atoms with Crippen LogP contribution in [0.15, 0.2) is 0 Å². The molecule has 2 aliphatic heterocycles. The summed E-state index contributed by atoms with van der Waals surface area (Å²) in [6, 6.07) is 0.322. The van der Waals surface area contributed by atoms with E-state index in [0.717, 1.165) is 26.2 Å². The summed E-state index contributed by atoms with van der Waals surface area (Å²) in [4.78, 5) is 14.2. The van der Waals surface area contributed by atoms with Crippen LogP contribution in [0.4, 0.5) is 0 Å². The van der Waals surface area contributed by atoms with E-state index in [1.165, 1.54) is 0 Å². The Hall–Kier alpha value is -0.280. The van der Waals surface area contributed by atoms with Gasteiger partial charge in [0.15, 0.2) is 0 Å². The Labute approximate surface area is 94.7 Å². The molecule has 0 spiro atoms. The zero-order valence-electron chi connectivity index (χ0n) is 8.86. The van der Waals surface area contributed by atoms with Gasteiger partial charge in [0, 0.05) is 18.5 Å². The highest BCUT2D eigenvalue weighted by molar-refractivity contribution is 6.21. The van der Waals surface area contributed by atoms with Gasteiger partial charge in [-0.1, -0.05) is 0 Å². The molecule has 15 heavy (non-hydrogen) atoms. The quantitative estimate of drug-likeness (QED) is 0.631. The maximum Gasteiger partial charge on any atom is 0.226 e. The van der Waals surface area contributed by atoms with Gasteiger partial charge in [-0.15, -0.1) is 11.6 Å². The van der Waals surface area contributed by atoms with Crippen molar-refractivity contribution < 1.29 is 9.53 Å². The predicted octanol–water partition coefficient (Wildman–Crippen LogP) is 1.11. The number of carbonyl (C=O) groups excluding carboxylic acids is 1. The Bertz CT molecular complexity index is 286. The Morgan fingerprint density at radius 2 is 2.07 bits per heavy atom. The molecule has 0 radical (unpaired) electrons. The lowest BCUT2D eigenvalue weighted by atomic mass is 10.2. The van der Waals surface area contributed by atoms with Crippen LogP contribution in [-0.2, 0) is 9.53 Å². The second kappa shape index (κ2) is 3.36. The first kappa shape index (κ1) is 9.91. The van der Waals surface area contributed by atoms with Crippen molar-refractivity contribution in [3.63, 3.8) is 0 Å². The minimum Gasteiger partial charge on any atom is -0.381 e. The average molecular weight is 230 g/mol. The molecule has 3 fully saturated rings. The maximum atomic E-state index is 12.2. The lowest BCUT2D eigenvalue weighted by molar-refractivity contribution is -0.134. The third-order valence-electron chi connectivity index (χ3n) is 4.04. The number of hydrogen-bond donors (Lipinski definition) is 0. The Morgan fingerprint density at radius 3 is 2.60 bits per heavy atom. The Balaban J connectivity index is 1.66. The number of amides is 1. The van der Waals surface area contributed by atoms with Crippen molar-refractivity contribution in [1.82, 2.24) is 4.90 Å². The van der Waals surface area contributed by atoms with Crippen molar-refractivity contribution in [1.29, 1.82) is 0 Å². The Morgan fingerprint density at radius 1 is 1.40 bits per heavy atom. The molecule has 84 valence electrons. The first-order valence-corrected chi connectivity index (χ1v) is 6.14. The molecule has 0 bridgehead atoms. The SMILES string of the molecule is CC1CC(Cl)CN1C(=O)C1C2COCC21. The van der Waals surface area contributed by atoms with Gasteiger partial charge in [0.1, 0.15) is 0 Å². The second-order valence-corrected chi connectivity index (χ2v) is 5.68. The van der Waals surface area contributed by atoms with E-state index >= 15 is 0 Å². The number of likely N-dealkylation sites (tertiary alicyclic amines) is 1. The smallest absolute Gasteiger partial charge is 0.226 e. The molecule has 1 saturated carbocycles. The first-order chi connectivity index (χ1) is 7.18. The molecule has 3 nitrogen and oxygen atoms in total. The molecule has 0 aromatic rings. The fourth-order valence-electron chi connectivity index (χ4n) is 3.07. The van der Waals surface area contributed by atoms with E-state index in [2.05, 4.69) is 6.92 Å². The molecular weight excluding hydrogens is 214 g/mol. The fourth-order valence-corrected chi connectivity index (χ4v) is 3.48. The zero-order valence-corrected chi connectivity index (χ0v) is 9.61. The number of ether oxygens (including phenoxy) is 1. The largest absolute Gasteiger partial charge is 0.381 e. The van der Waals surface area contributed by atoms with E-state index in [1.807, 2.05) is 4.90 Å². The maximum absolute atomic E-state index is 12.2. The Kier molecular flexibility index (Phi) is 2.22. The molecule has 1 aliphatic carbocycles. The fraction of sp³-hybridized carbons (Fsp3) is 0.909. The lowest BCUT2D eigenvalue weighted by Crippen LogP contribution is -2.36. The van der Waals surface area contributed by atoms with E-state index in [9.17, 15) is 4.79 Å². The highest BCUT2D eigenvalue weighted by Crippen LogP contribution is 2.52. The van der Waals surface area contributed by atoms with Gasteiger partial charge in [-0.3, -0.25) is 4.79 Å². The number of halogens is 1. The number of alkyl halides is 1. The molecule has 0 aromatic carbocycles. The van der Waals surface area contributed by atoms with E-state index in [-0.39, 0.29) is 11.3 Å². The van der Waals surface area contributed by atoms with Crippen molar-refractivity contribution >= 4 is 17.5 Å². The topological polar surface area (TPSA) is 29.5 Å². The molecule has 2 heterocycles. The van der Waals surface area contributed by atoms with Crippen LogP contribution in [0.1, 0.15) is 13.3 Å². The molecule has 3 rings (SSSR count). The molecule has 1 amide bonds. The molecular formula is C11H16ClNO2. The average Bonchev–Trinajstić information content (AvgIpc) is 2.58. The number of carbonyl (C=O) groups is 1. The number of nitrogens with zero attached hydrogens (tertiary/aromatic N) is 1. The van der Waals surface area contributed by atoms with Gasteiger partial charge in [-0.05, 0) is 25.2 Å². The van der Waals surface area contributed by atoms with Gasteiger partial charge in [0.25, 0.3) is 0 Å². The number of rotatable bonds is 1. The van der Waals surface area contributed by atoms with Crippen LogP contribution >= 0.6 is 11.6 Å². The minimum atomic E-state index is 0.152. The first-order valence-electron chi connectivity index (χ1n) is 5.70. The second-order valence-electron chi connectivity index (χ2n) is 5.06. The van der Waals surface area contributed by atoms with Crippen LogP contribution in [0.3, 0.4) is 0 Å². The molecule has 4 atom stereocenters. The van der Waals surface area contributed by atoms with Crippen LogP contribution in [0.25, 0.3) is 0 Å². The standard InChI is InChI=1S/C11H16ClNO2/c1-6-2-7(12)3-13(6)11(14)10-8-4-15-5-9(8)10/h6-10H,2-5H2,1H3. The zero-order chi connectivity index (χ0) is 10.6. The van der Waals surface area contributed by atoms with Crippen LogP contribution in [0, 0.1) is 17.8 Å². The molecule has 0 aromatic heterocycles. The monoisotopic (exact) mass is 229 g/mol. The van der Waals surface area contributed by atoms with Gasteiger partial charge < -0.3 is 9.64 Å². The summed E-state index contributed by atoms with van der Waals surface area (Å²) in [6.07, 6.45) is 0.936. The normalized spacial score (nSPS) is 48.1. The summed E-state index contributed by atoms with van der Waals surface area (Å²) in [7, 11) is 0. The number of hydrogen-bond acceptors (Lipinski definition) is 2. The summed E-state index contributed by atoms with van der Waals surface area (Å²) >= 11 is 6.07. The van der Waals surface area contributed by atoms with Crippen LogP contribution in [0.5, 0.6) is 0 Å². The van der Waals surface area contributed by atoms with Crippen molar-refractivity contribution in [2.24, 2.45) is 17.8 Å². The predicted molar refractivity (Wildman–Crippen MR) is 56.7 cm³/mol. The summed E-state index contributed by atoms with van der Waals surface area (Å²) in [5.74, 6) is 1.60. The summed E-state index contributed by atoms with van der Waals surface area (Å²) < 4.78 is 5.30. The molecule has 3 aliphatic rings. The van der Waals surface area contributed by atoms with Gasteiger partial charge >= 0.3 is 0 Å². The van der Waals surface area contributed by atoms with Gasteiger partial charge in [-0.2, -0.15) is 0 Å². The van der Waals surface area contributed by atoms with Crippen molar-refractivity contribution in [3.05, 3.63) is 0 Å². The van der Waals surface area contributed by atoms with E-state index in [0.29, 0.717) is 23.8 Å². The summed E-state index contributed by atoms with van der Waals surface area (Å²) in [5.41, 5.74) is 0. The van der Waals surface area contributed by atoms with Crippen LogP contribution in [-0.4, -0.2) is 42.0 Å². The van der Waals surface area contributed by atoms with Crippen LogP contribution in [0.2, 0.25) is 0 Å². The molecule has 2 saturated heterocycles. The lowest BCUT2D eigenvalue weighted by Gasteiger charge is -2.22. The molecule has 4 heteroatoms. The summed E-state index contributed by atoms with van der Waals surface area (Å²) in [6.45, 7) is 4.40. The summed E-state index contributed by atoms with van der Waals surface area (Å²) in [5, 5.41) is 0.152. The van der Waals surface area contributed by atoms with Gasteiger partial charge in [0.05, 0.1) is 18.6 Å². The van der Waals surface area contributed by atoms with Gasteiger partial charge in [-0.25, -0.2) is 0 Å². The third-order valence-corrected chi connectivity index (χ3v) is 4.36. The van der Waals surface area contributed by atoms with Crippen molar-refractivity contribution in [3.8, 4) is 0 Å². The highest BCUT2D eigenvalue weighted by atomic mass is 35.5. The molecule has 0 N–H and O–H groups in total. The van der Waals surface area contributed by atoms with E-state index in [4.69, 9.17) is 16.3 Å². The van der Waals surface area contributed by atoms with Crippen LogP contribution < -0.4 is 0 Å². The highest BCUT2D eigenvalue weighted by Gasteiger charge is 2.59. The van der Waals surface area contributed by atoms with E-state index < -0.39 is 0 Å². The van der Waals surface area contributed by atoms with Crippen molar-refractivity contribution in [2.45, 2.75) is 24.8 Å².